The van der Waals surface area contributed by atoms with Crippen LogP contribution in [0.15, 0.2) is 50.2 Å². The van der Waals surface area contributed by atoms with Crippen LogP contribution in [0.4, 0.5) is 30.7 Å². The van der Waals surface area contributed by atoms with Crippen molar-refractivity contribution >= 4 is 54.3 Å². The summed E-state index contributed by atoms with van der Waals surface area (Å²) in [5, 5.41) is -5.94. The van der Waals surface area contributed by atoms with Crippen LogP contribution in [-0.2, 0) is 10.8 Å². The quantitative estimate of drug-likeness (QED) is 0.355. The largest absolute Gasteiger partial charge is 0.461 e. The van der Waals surface area contributed by atoms with Crippen LogP contribution in [-0.4, -0.2) is 21.6 Å². The van der Waals surface area contributed by atoms with Gasteiger partial charge in [0.15, 0.2) is 0 Å². The van der Waals surface area contributed by atoms with Crippen LogP contribution in [0, 0.1) is 0 Å². The predicted octanol–water partition coefficient (Wildman–Crippen LogP) is 7.43. The highest BCUT2D eigenvalue weighted by Crippen LogP contribution is 2.51. The summed E-state index contributed by atoms with van der Waals surface area (Å²) in [5.74, 6) is -6.52. The minimum Gasteiger partial charge on any atom is -0.248 e. The van der Waals surface area contributed by atoms with E-state index in [1.54, 1.807) is 0 Å². The van der Waals surface area contributed by atoms with Crippen molar-refractivity contribution in [3.05, 3.63) is 50.4 Å². The zero-order valence-corrected chi connectivity index (χ0v) is 17.3. The number of alkyl halides is 7. The standard InChI is InChI=1S/C15H6Br2ClF7OS/c16-7-5-9(17)12(8-3-1-2-4-10(8)18)11(6-7)27(26)15(24,25)13(19,20)14(21,22)23/h1-6H. The van der Waals surface area contributed by atoms with E-state index in [2.05, 4.69) is 31.9 Å². The van der Waals surface area contributed by atoms with Crippen LogP contribution in [0.5, 0.6) is 0 Å². The highest BCUT2D eigenvalue weighted by molar-refractivity contribution is 9.11. The molecule has 0 heterocycles. The summed E-state index contributed by atoms with van der Waals surface area (Å²) in [6, 6.07) is 7.68. The van der Waals surface area contributed by atoms with Crippen molar-refractivity contribution in [1.29, 1.82) is 0 Å². The molecule has 0 saturated heterocycles. The maximum absolute atomic E-state index is 14.0. The fourth-order valence-corrected chi connectivity index (χ4v) is 5.26. The molecule has 12 heteroatoms. The molecule has 0 radical (unpaired) electrons. The van der Waals surface area contributed by atoms with E-state index in [1.807, 2.05) is 0 Å². The van der Waals surface area contributed by atoms with E-state index < -0.39 is 33.0 Å². The molecular weight excluding hydrogens is 556 g/mol. The molecule has 0 amide bonds. The van der Waals surface area contributed by atoms with Gasteiger partial charge in [-0.05, 0) is 18.2 Å². The third-order valence-electron chi connectivity index (χ3n) is 3.32. The van der Waals surface area contributed by atoms with Crippen molar-refractivity contribution in [1.82, 2.24) is 0 Å². The third-order valence-corrected chi connectivity index (χ3v) is 6.17. The van der Waals surface area contributed by atoms with Gasteiger partial charge in [0.25, 0.3) is 0 Å². The molecule has 1 nitrogen and oxygen atoms in total. The Morgan fingerprint density at radius 1 is 0.926 bits per heavy atom. The highest BCUT2D eigenvalue weighted by Gasteiger charge is 2.76. The van der Waals surface area contributed by atoms with Crippen molar-refractivity contribution in [3.63, 3.8) is 0 Å². The fraction of sp³-hybridized carbons (Fsp3) is 0.200. The molecule has 0 saturated carbocycles. The number of rotatable bonds is 4. The molecule has 148 valence electrons. The van der Waals surface area contributed by atoms with Crippen molar-refractivity contribution in [3.8, 4) is 11.1 Å². The molecule has 0 aliphatic heterocycles. The lowest BCUT2D eigenvalue weighted by atomic mass is 10.1. The Labute approximate surface area is 172 Å². The smallest absolute Gasteiger partial charge is 0.248 e. The number of halogens is 10. The summed E-state index contributed by atoms with van der Waals surface area (Å²) >= 11 is 11.9. The first-order chi connectivity index (χ1) is 12.2. The Morgan fingerprint density at radius 2 is 1.48 bits per heavy atom. The van der Waals surface area contributed by atoms with Gasteiger partial charge in [-0.2, -0.15) is 30.7 Å². The Morgan fingerprint density at radius 3 is 2.00 bits per heavy atom. The summed E-state index contributed by atoms with van der Waals surface area (Å²) in [6.07, 6.45) is -6.60. The van der Waals surface area contributed by atoms with Crippen LogP contribution in [0.3, 0.4) is 0 Å². The van der Waals surface area contributed by atoms with Crippen molar-refractivity contribution in [2.24, 2.45) is 0 Å². The van der Waals surface area contributed by atoms with E-state index in [0.717, 1.165) is 6.07 Å². The number of hydrogen-bond donors (Lipinski definition) is 0. The Balaban J connectivity index is 2.76. The zero-order valence-electron chi connectivity index (χ0n) is 12.6. The van der Waals surface area contributed by atoms with Gasteiger partial charge >= 0.3 is 17.4 Å². The molecule has 0 bridgehead atoms. The molecule has 0 spiro atoms. The Kier molecular flexibility index (Phi) is 6.41. The van der Waals surface area contributed by atoms with Crippen molar-refractivity contribution < 1.29 is 34.9 Å². The Bertz CT molecular complexity index is 902. The zero-order chi connectivity index (χ0) is 20.8. The monoisotopic (exact) mass is 560 g/mol. The molecule has 0 N–H and O–H groups in total. The van der Waals surface area contributed by atoms with Gasteiger partial charge in [0.05, 0.1) is 4.90 Å². The lowest BCUT2D eigenvalue weighted by Crippen LogP contribution is -2.54. The first-order valence-corrected chi connectivity index (χ1v) is 9.81. The highest BCUT2D eigenvalue weighted by atomic mass is 79.9. The summed E-state index contributed by atoms with van der Waals surface area (Å²) in [6.45, 7) is 0. The number of hydrogen-bond acceptors (Lipinski definition) is 1. The average Bonchev–Trinajstić information content (AvgIpc) is 2.53. The second kappa shape index (κ2) is 7.64. The SMILES string of the molecule is O=S(c1cc(Br)cc(Br)c1-c1ccccc1Cl)C(F)(F)C(F)(F)C(F)(F)F. The lowest BCUT2D eigenvalue weighted by Gasteiger charge is -2.28. The fourth-order valence-electron chi connectivity index (χ4n) is 2.04. The van der Waals surface area contributed by atoms with E-state index >= 15 is 0 Å². The van der Waals surface area contributed by atoms with Gasteiger partial charge in [-0.3, -0.25) is 0 Å². The van der Waals surface area contributed by atoms with E-state index in [1.165, 1.54) is 30.3 Å². The van der Waals surface area contributed by atoms with Gasteiger partial charge < -0.3 is 0 Å². The van der Waals surface area contributed by atoms with Crippen LogP contribution in [0.1, 0.15) is 0 Å². The first kappa shape index (κ1) is 22.6. The topological polar surface area (TPSA) is 17.1 Å². The second-order valence-corrected chi connectivity index (χ2v) is 8.77. The van der Waals surface area contributed by atoms with Gasteiger partial charge in [-0.25, -0.2) is 4.21 Å². The van der Waals surface area contributed by atoms with Crippen molar-refractivity contribution in [2.75, 3.05) is 0 Å². The minimum atomic E-state index is -6.60. The van der Waals surface area contributed by atoms with Crippen LogP contribution in [0.25, 0.3) is 11.1 Å². The molecule has 2 aromatic carbocycles. The van der Waals surface area contributed by atoms with Crippen LogP contribution >= 0.6 is 43.5 Å². The van der Waals surface area contributed by atoms with E-state index in [4.69, 9.17) is 11.6 Å². The average molecular weight is 563 g/mol. The van der Waals surface area contributed by atoms with E-state index in [9.17, 15) is 34.9 Å². The van der Waals surface area contributed by atoms with Gasteiger partial charge in [0, 0.05) is 25.1 Å². The first-order valence-electron chi connectivity index (χ1n) is 6.70. The van der Waals surface area contributed by atoms with Crippen molar-refractivity contribution in [2.45, 2.75) is 22.2 Å². The molecular formula is C15H6Br2ClF7OS. The normalized spacial score (nSPS) is 14.3. The van der Waals surface area contributed by atoms with Crippen LogP contribution < -0.4 is 0 Å². The Hall–Kier alpha value is -0.650. The summed E-state index contributed by atoms with van der Waals surface area (Å²) in [7, 11) is -4.07. The summed E-state index contributed by atoms with van der Waals surface area (Å²) in [4.78, 5) is -0.946. The van der Waals surface area contributed by atoms with Crippen LogP contribution in [0.2, 0.25) is 5.02 Å². The maximum Gasteiger partial charge on any atom is 0.461 e. The van der Waals surface area contributed by atoms with Gasteiger partial charge in [0.1, 0.15) is 10.8 Å². The molecule has 0 fully saturated rings. The summed E-state index contributed by atoms with van der Waals surface area (Å²) in [5.41, 5.74) is -0.271. The maximum atomic E-state index is 14.0. The third kappa shape index (κ3) is 4.06. The molecule has 27 heavy (non-hydrogen) atoms. The van der Waals surface area contributed by atoms with E-state index in [-0.39, 0.29) is 25.1 Å². The molecule has 0 aliphatic rings. The second-order valence-electron chi connectivity index (χ2n) is 5.10. The number of benzene rings is 2. The van der Waals surface area contributed by atoms with Gasteiger partial charge in [-0.15, -0.1) is 0 Å². The molecule has 0 aromatic heterocycles. The molecule has 1 atom stereocenters. The van der Waals surface area contributed by atoms with E-state index in [0.29, 0.717) is 0 Å². The molecule has 2 rings (SSSR count). The molecule has 2 aromatic rings. The summed E-state index contributed by atoms with van der Waals surface area (Å²) < 4.78 is 104. The molecule has 0 aliphatic carbocycles. The van der Waals surface area contributed by atoms with Gasteiger partial charge in [0.2, 0.25) is 0 Å². The predicted molar refractivity (Wildman–Crippen MR) is 94.6 cm³/mol. The molecule has 1 unspecified atom stereocenters. The van der Waals surface area contributed by atoms with Gasteiger partial charge in [-0.1, -0.05) is 61.7 Å². The minimum absolute atomic E-state index is 0.00956. The lowest BCUT2D eigenvalue weighted by molar-refractivity contribution is -0.331.